The minimum absolute atomic E-state index is 0.0785. The smallest absolute Gasteiger partial charge is 0.284 e. The molecule has 0 aliphatic rings. The Labute approximate surface area is 227 Å². The number of nitriles is 3. The number of anilines is 1. The first kappa shape index (κ1) is 30.7. The molecule has 0 spiro atoms. The van der Waals surface area contributed by atoms with E-state index in [4.69, 9.17) is 15.8 Å². The van der Waals surface area contributed by atoms with Crippen molar-refractivity contribution in [2.24, 2.45) is 0 Å². The number of nitro groups is 1. The first-order chi connectivity index (χ1) is 18.7. The van der Waals surface area contributed by atoms with Gasteiger partial charge >= 0.3 is 0 Å². The monoisotopic (exact) mass is 511 g/mol. The number of benzene rings is 3. The Hall–Kier alpha value is -6.32. The molecule has 39 heavy (non-hydrogen) atoms. The van der Waals surface area contributed by atoms with E-state index in [2.05, 4.69) is 40.8 Å². The van der Waals surface area contributed by atoms with Crippen molar-refractivity contribution in [1.82, 2.24) is 0 Å². The largest absolute Gasteiger partial charge is 0.326 e. The van der Waals surface area contributed by atoms with Gasteiger partial charge in [-0.2, -0.15) is 15.8 Å². The first-order valence-corrected chi connectivity index (χ1v) is 11.1. The number of carbonyl (C=O) groups is 1. The number of hydrogen-bond acceptors (Lipinski definition) is 6. The van der Waals surface area contributed by atoms with Crippen LogP contribution in [0, 0.1) is 93.5 Å². The molecule has 0 aromatic heterocycles. The standard InChI is InChI=1S/C11H8N2O.C11H9N.C9H4N2O2/c1-9(14)13-11-6-4-10(5-7-11)3-2-8-12;1-9-5-3-6-10(2)11(9)7-4-8-12;10-7-3-5-8-4-1-2-6-9(8)11(12)13/h4-7H,1H3,(H,13,14);3,5-6H,1-2H3;1-2,4,6H. The van der Waals surface area contributed by atoms with Gasteiger partial charge in [0.15, 0.2) is 18.2 Å². The quantitative estimate of drug-likeness (QED) is 0.286. The number of nitro benzene ring substituents is 1. The second-order valence-corrected chi connectivity index (χ2v) is 7.39. The molecule has 3 aromatic carbocycles. The van der Waals surface area contributed by atoms with Crippen LogP contribution >= 0.6 is 0 Å². The molecular weight excluding hydrogens is 490 g/mol. The molecule has 1 amide bonds. The number of carbonyl (C=O) groups excluding carboxylic acids is 1. The molecule has 8 nitrogen and oxygen atoms in total. The summed E-state index contributed by atoms with van der Waals surface area (Å²) in [5.41, 5.74) is 4.87. The van der Waals surface area contributed by atoms with Crippen LogP contribution in [0.25, 0.3) is 0 Å². The van der Waals surface area contributed by atoms with Crippen LogP contribution in [0.4, 0.5) is 11.4 Å². The average molecular weight is 512 g/mol. The summed E-state index contributed by atoms with van der Waals surface area (Å²) in [7, 11) is 0. The summed E-state index contributed by atoms with van der Waals surface area (Å²) in [5.74, 6) is 14.6. The molecule has 0 radical (unpaired) electrons. The summed E-state index contributed by atoms with van der Waals surface area (Å²) in [6.45, 7) is 5.44. The van der Waals surface area contributed by atoms with Crippen LogP contribution in [-0.4, -0.2) is 10.8 Å². The maximum Gasteiger partial charge on any atom is 0.284 e. The van der Waals surface area contributed by atoms with E-state index >= 15 is 0 Å². The van der Waals surface area contributed by atoms with Crippen LogP contribution in [0.5, 0.6) is 0 Å². The van der Waals surface area contributed by atoms with Gasteiger partial charge in [-0.3, -0.25) is 14.9 Å². The maximum atomic E-state index is 10.7. The highest BCUT2D eigenvalue weighted by molar-refractivity contribution is 5.88. The van der Waals surface area contributed by atoms with Gasteiger partial charge in [-0.1, -0.05) is 42.2 Å². The highest BCUT2D eigenvalue weighted by atomic mass is 16.6. The zero-order valence-corrected chi connectivity index (χ0v) is 21.4. The average Bonchev–Trinajstić information content (AvgIpc) is 2.92. The number of rotatable bonds is 2. The van der Waals surface area contributed by atoms with Gasteiger partial charge in [0, 0.05) is 47.6 Å². The molecular formula is C31H21N5O3. The summed E-state index contributed by atoms with van der Waals surface area (Å²) in [6.07, 6.45) is 0. The lowest BCUT2D eigenvalue weighted by molar-refractivity contribution is -0.385. The molecule has 0 fully saturated rings. The third-order valence-corrected chi connectivity index (χ3v) is 4.55. The van der Waals surface area contributed by atoms with Crippen LogP contribution < -0.4 is 5.32 Å². The Morgan fingerprint density at radius 2 is 1.31 bits per heavy atom. The van der Waals surface area contributed by atoms with Crippen molar-refractivity contribution in [2.75, 3.05) is 5.32 Å². The normalized spacial score (nSPS) is 8.00. The molecule has 0 heterocycles. The number of nitrogens with zero attached hydrogens (tertiary/aromatic N) is 4. The number of hydrogen-bond donors (Lipinski definition) is 1. The van der Waals surface area contributed by atoms with Crippen molar-refractivity contribution in [3.63, 3.8) is 0 Å². The van der Waals surface area contributed by atoms with Gasteiger partial charge in [-0.25, -0.2) is 0 Å². The predicted molar refractivity (Wildman–Crippen MR) is 147 cm³/mol. The molecule has 1 N–H and O–H groups in total. The van der Waals surface area contributed by atoms with Crippen molar-refractivity contribution in [3.8, 4) is 53.7 Å². The third-order valence-electron chi connectivity index (χ3n) is 4.55. The molecule has 0 aliphatic carbocycles. The van der Waals surface area contributed by atoms with Gasteiger partial charge in [0.25, 0.3) is 5.69 Å². The fourth-order valence-corrected chi connectivity index (χ4v) is 2.88. The minimum Gasteiger partial charge on any atom is -0.326 e. The molecule has 8 heteroatoms. The number of aryl methyl sites for hydroxylation is 2. The zero-order valence-electron chi connectivity index (χ0n) is 21.4. The molecule has 3 rings (SSSR count). The Morgan fingerprint density at radius 3 is 1.85 bits per heavy atom. The summed E-state index contributed by atoms with van der Waals surface area (Å²) in [6, 6.07) is 24.1. The Balaban J connectivity index is 0.000000293. The lowest BCUT2D eigenvalue weighted by Crippen LogP contribution is -2.05. The molecule has 188 valence electrons. The zero-order chi connectivity index (χ0) is 29.0. The van der Waals surface area contributed by atoms with Crippen LogP contribution in [0.2, 0.25) is 0 Å². The Bertz CT molecular complexity index is 1630. The number of amides is 1. The van der Waals surface area contributed by atoms with Gasteiger partial charge in [0.1, 0.15) is 5.56 Å². The molecule has 0 atom stereocenters. The molecule has 0 aliphatic heterocycles. The fraction of sp³-hybridized carbons (Fsp3) is 0.0968. The number of nitrogens with one attached hydrogen (secondary N) is 1. The number of para-hydroxylation sites is 1. The van der Waals surface area contributed by atoms with E-state index in [1.807, 2.05) is 38.1 Å². The third kappa shape index (κ3) is 11.8. The van der Waals surface area contributed by atoms with Gasteiger partial charge < -0.3 is 5.32 Å². The Kier molecular flexibility index (Phi) is 13.5. The molecule has 0 saturated carbocycles. The van der Waals surface area contributed by atoms with Crippen LogP contribution in [-0.2, 0) is 4.79 Å². The highest BCUT2D eigenvalue weighted by Crippen LogP contribution is 2.15. The SMILES string of the molecule is CC(=O)Nc1ccc(C#CC#N)cc1.Cc1cccc(C)c1C#CC#N.N#CC#Cc1ccccc1[N+](=O)[O-]. The van der Waals surface area contributed by atoms with E-state index < -0.39 is 4.92 Å². The molecule has 0 bridgehead atoms. The lowest BCUT2D eigenvalue weighted by Gasteiger charge is -2.00. The van der Waals surface area contributed by atoms with Gasteiger partial charge in [0.2, 0.25) is 5.91 Å². The van der Waals surface area contributed by atoms with Crippen molar-refractivity contribution < 1.29 is 9.72 Å². The van der Waals surface area contributed by atoms with E-state index in [1.54, 1.807) is 48.5 Å². The predicted octanol–water partition coefficient (Wildman–Crippen LogP) is 5.17. The van der Waals surface area contributed by atoms with E-state index in [0.29, 0.717) is 0 Å². The maximum absolute atomic E-state index is 10.7. The van der Waals surface area contributed by atoms with Crippen molar-refractivity contribution in [3.05, 3.63) is 105 Å². The van der Waals surface area contributed by atoms with Gasteiger partial charge in [-0.15, -0.1) is 0 Å². The minimum atomic E-state index is -0.526. The van der Waals surface area contributed by atoms with E-state index in [1.165, 1.54) is 19.1 Å². The van der Waals surface area contributed by atoms with Crippen molar-refractivity contribution >= 4 is 17.3 Å². The molecule has 0 saturated heterocycles. The molecule has 0 unspecified atom stereocenters. The second kappa shape index (κ2) is 17.2. The van der Waals surface area contributed by atoms with Crippen LogP contribution in [0.3, 0.4) is 0 Å². The molecule has 3 aromatic rings. The van der Waals surface area contributed by atoms with Crippen molar-refractivity contribution in [2.45, 2.75) is 20.8 Å². The topological polar surface area (TPSA) is 144 Å². The van der Waals surface area contributed by atoms with E-state index in [-0.39, 0.29) is 17.2 Å². The fourth-order valence-electron chi connectivity index (χ4n) is 2.88. The summed E-state index contributed by atoms with van der Waals surface area (Å²) < 4.78 is 0. The lowest BCUT2D eigenvalue weighted by atomic mass is 10.0. The van der Waals surface area contributed by atoms with E-state index in [0.717, 1.165) is 27.9 Å². The summed E-state index contributed by atoms with van der Waals surface area (Å²) in [5, 5.41) is 37.7. The second-order valence-electron chi connectivity index (χ2n) is 7.39. The highest BCUT2D eigenvalue weighted by Gasteiger charge is 2.09. The van der Waals surface area contributed by atoms with Crippen LogP contribution in [0.1, 0.15) is 34.7 Å². The summed E-state index contributed by atoms with van der Waals surface area (Å²) in [4.78, 5) is 20.6. The van der Waals surface area contributed by atoms with Gasteiger partial charge in [0.05, 0.1) is 4.92 Å². The first-order valence-electron chi connectivity index (χ1n) is 11.1. The van der Waals surface area contributed by atoms with Crippen LogP contribution in [0.15, 0.2) is 66.7 Å². The van der Waals surface area contributed by atoms with Crippen molar-refractivity contribution in [1.29, 1.82) is 15.8 Å². The Morgan fingerprint density at radius 1 is 0.769 bits per heavy atom. The van der Waals surface area contributed by atoms with Gasteiger partial charge in [-0.05, 0) is 61.2 Å². The summed E-state index contributed by atoms with van der Waals surface area (Å²) >= 11 is 0. The van der Waals surface area contributed by atoms with E-state index in [9.17, 15) is 14.9 Å².